The van der Waals surface area contributed by atoms with Crippen molar-refractivity contribution in [3.05, 3.63) is 15.6 Å². The molecule has 0 saturated heterocycles. The van der Waals surface area contributed by atoms with E-state index in [4.69, 9.17) is 344 Å². The highest BCUT2D eigenvalue weighted by Gasteiger charge is 2.17. The Morgan fingerprint density at radius 3 is 0.477 bits per heavy atom. The predicted molar refractivity (Wildman–Crippen MR) is 129 cm³/mol. The third kappa shape index (κ3) is 1610. The zero-order valence-corrected chi connectivity index (χ0v) is 35.7. The first-order chi connectivity index (χ1) is 42.8. The van der Waals surface area contributed by atoms with E-state index in [1.165, 1.54) is 16.2 Å². The van der Waals surface area contributed by atoms with Crippen molar-refractivity contribution in [2.24, 2.45) is 0 Å². The van der Waals surface area contributed by atoms with Crippen LogP contribution in [0.5, 0.6) is 0 Å². The molecule has 0 bridgehead atoms. The second-order valence-corrected chi connectivity index (χ2v) is 4.07. The Bertz CT molecular complexity index is 387. The van der Waals surface area contributed by atoms with Crippen LogP contribution in [0, 0.1) is 11.3 Å². The number of aromatic nitrogens is 1. The molecule has 0 radical (unpaired) electrons. The van der Waals surface area contributed by atoms with Crippen LogP contribution in [0.25, 0.3) is 0 Å². The second kappa shape index (κ2) is 3380. The van der Waals surface area contributed by atoms with Crippen LogP contribution in [0.4, 0.5) is 338 Å². The summed E-state index contributed by atoms with van der Waals surface area (Å²) in [4.78, 5) is 7.75. The van der Waals surface area contributed by atoms with Crippen LogP contribution in [-0.4, -0.2) is 23.5 Å². The summed E-state index contributed by atoms with van der Waals surface area (Å²) >= 11 is 1.53. The third-order valence-electron chi connectivity index (χ3n) is 2.02. The van der Waals surface area contributed by atoms with Gasteiger partial charge in [0.05, 0.1) is 5.69 Å². The molecule has 0 fully saturated rings. The predicted octanol–water partition coefficient (Wildman–Crippen LogP) is 32.1. The van der Waals surface area contributed by atoms with E-state index in [0.717, 1.165) is 25.2 Å². The van der Waals surface area contributed by atoms with Crippen LogP contribution in [0.2, 0.25) is 0 Å². The molecule has 86 heavy (non-hydrogen) atoms. The molecule has 2 rings (SSSR count). The molecule has 0 saturated carbocycles. The summed E-state index contributed by atoms with van der Waals surface area (Å²) in [5.74, 6) is 0. The van der Waals surface area contributed by atoms with Gasteiger partial charge >= 0.3 is 0 Å². The average molecular weight is 1590 g/mol. The van der Waals surface area contributed by atoms with Crippen LogP contribution < -0.4 is 0 Å². The van der Waals surface area contributed by atoms with E-state index < -0.39 is 0 Å². The molecule has 0 aliphatic carbocycles. The van der Waals surface area contributed by atoms with Crippen molar-refractivity contribution in [2.75, 3.05) is 13.6 Å². The van der Waals surface area contributed by atoms with Crippen molar-refractivity contribution in [3.63, 3.8) is 0 Å². The van der Waals surface area contributed by atoms with E-state index in [0.29, 0.717) is 5.01 Å². The number of thiazole rings is 1. The molecule has 3 nitrogen and oxygen atoms in total. The number of nitrogens with zero attached hydrogens (tertiary/aromatic N) is 3. The van der Waals surface area contributed by atoms with Gasteiger partial charge in [0.15, 0.2) is 5.01 Å². The van der Waals surface area contributed by atoms with E-state index in [1.807, 2.05) is 0 Å². The van der Waals surface area contributed by atoms with Crippen molar-refractivity contribution in [2.45, 2.75) is 13.0 Å². The maximum absolute atomic E-state index is 8.64. The first-order valence-electron chi connectivity index (χ1n) is 9.15. The van der Waals surface area contributed by atoms with Gasteiger partial charge < -0.3 is 4.90 Å². The quantitative estimate of drug-likeness (QED) is 0.243. The number of hydrogen-bond donors (Lipinski definition) is 0. The zero-order chi connectivity index (χ0) is 82.6. The Kier molecular flexibility index (Phi) is 10100. The minimum atomic E-state index is 0.607. The maximum atomic E-state index is 8.64. The molecule has 0 amide bonds. The molecule has 1 aliphatic rings. The molecule has 0 spiro atoms. The molecule has 0 atom stereocenters. The molecule has 78 heteroatoms. The third-order valence-corrected chi connectivity index (χ3v) is 3.00. The lowest BCUT2D eigenvalue weighted by atomic mass is 10.2. The lowest BCUT2D eigenvalue weighted by Gasteiger charge is -2.20. The van der Waals surface area contributed by atoms with E-state index in [9.17, 15) is 0 Å². The summed E-state index contributed by atoms with van der Waals surface area (Å²) in [6.45, 7) is 2.01. The normalized spacial score (nSPS) is 4.95. The monoisotopic (exact) mass is 1580 g/mol. The van der Waals surface area contributed by atoms with Gasteiger partial charge in [-0.2, -0.15) is 5.26 Å². The Labute approximate surface area is 416 Å². The van der Waals surface area contributed by atoms with Crippen LogP contribution in [0.15, 0.2) is 0 Å². The average Bonchev–Trinajstić information content (AvgIpc) is 4.15. The zero-order valence-electron chi connectivity index (χ0n) is 34.8. The molecule has 0 N–H and O–H groups in total. The Balaban J connectivity index is -0.00000000906. The number of fused-ring (bicyclic) bond motifs is 1. The summed E-state index contributed by atoms with van der Waals surface area (Å²) in [5, 5.41) is 9.24. The number of nitriles is 1. The highest BCUT2D eigenvalue weighted by molar-refractivity contribution is 7.12. The Hall–Kier alpha value is -6.10. The molecular formula is C8H9F74N3S. The summed E-state index contributed by atoms with van der Waals surface area (Å²) in [5.41, 5.74) is 1.13. The van der Waals surface area contributed by atoms with Crippen LogP contribution >= 0.6 is 11.3 Å². The van der Waals surface area contributed by atoms with E-state index in [2.05, 4.69) is 23.0 Å². The van der Waals surface area contributed by atoms with Crippen molar-refractivity contribution < 1.29 is 338 Å². The number of hydrogen-bond acceptors (Lipinski definition) is 4. The van der Waals surface area contributed by atoms with E-state index in [1.54, 1.807) is 0 Å². The molecular weight excluding hydrogens is 1580 g/mol. The highest BCUT2D eigenvalue weighted by Crippen LogP contribution is 2.23. The van der Waals surface area contributed by atoms with Gasteiger partial charge in [-0.3, -0.25) is 0 Å². The molecule has 1 aromatic heterocycles. The van der Waals surface area contributed by atoms with Crippen molar-refractivity contribution in [3.8, 4) is 6.07 Å². The van der Waals surface area contributed by atoms with Gasteiger partial charge in [-0.1, -0.05) is 0 Å². The summed E-state index contributed by atoms with van der Waals surface area (Å²) in [7, 11) is 2.09. The van der Waals surface area contributed by atoms with Gasteiger partial charge in [-0.05, 0) is 7.05 Å². The molecule has 0 aromatic carbocycles. The Morgan fingerprint density at radius 1 is 0.256 bits per heavy atom. The van der Waals surface area contributed by atoms with Crippen molar-refractivity contribution in [1.29, 1.82) is 5.26 Å². The van der Waals surface area contributed by atoms with Crippen LogP contribution in [0.1, 0.15) is 15.6 Å². The Morgan fingerprint density at radius 2 is 0.372 bits per heavy atom. The molecule has 2 heterocycles. The molecule has 1 aliphatic heterocycles. The summed E-state index contributed by atoms with van der Waals surface area (Å²) < 4.78 is 592. The van der Waals surface area contributed by atoms with Gasteiger partial charge in [0.1, 0.15) is 6.07 Å². The van der Waals surface area contributed by atoms with Crippen LogP contribution in [0.3, 0.4) is 0 Å². The second-order valence-electron chi connectivity index (χ2n) is 2.99. The van der Waals surface area contributed by atoms with E-state index in [-0.39, 0.29) is 0 Å². The van der Waals surface area contributed by atoms with Crippen molar-refractivity contribution in [1.82, 2.24) is 9.88 Å². The minimum absolute atomic E-state index is 0.607. The van der Waals surface area contributed by atoms with Gasteiger partial charge in [0.25, 0.3) is 0 Å². The van der Waals surface area contributed by atoms with Crippen LogP contribution in [-0.2, 0) is 13.0 Å². The van der Waals surface area contributed by atoms with Gasteiger partial charge in [0.2, 0.25) is 0 Å². The lowest BCUT2D eigenvalue weighted by Crippen LogP contribution is -2.25. The fourth-order valence-electron chi connectivity index (χ4n) is 1.37. The fourth-order valence-corrected chi connectivity index (χ4v) is 2.36. The van der Waals surface area contributed by atoms with Gasteiger partial charge in [-0.25, -0.2) is 4.98 Å². The molecule has 1 aromatic rings. The van der Waals surface area contributed by atoms with Gasteiger partial charge in [-0.15, -0.1) is 11.3 Å². The lowest BCUT2D eigenvalue weighted by molar-refractivity contribution is 0.108. The SMILES string of the molecule is CN1CCc2nc(C#N)sc2C1.FF.FF.FF.FF.FF.FF.FF.FF.FF.FF.FF.FF.FF.FF.FF.FF.FF.FF.FF.FF.FF.FF.FF.FF.FF.FF.FF.FF.FF.FF.FF.FF.FF.FF.FF.FF.FF. The first-order valence-corrected chi connectivity index (χ1v) is 9.97. The summed E-state index contributed by atoms with van der Waals surface area (Å²) in [6.07, 6.45) is 0.990. The van der Waals surface area contributed by atoms with Gasteiger partial charge in [0, 0.05) is 363 Å². The standard InChI is InChI=1S/C8H9N3S.37F2/c1-11-3-2-6-7(5-11)12-8(4-9)10-6;37*1-2/h2-3,5H2,1H3;;;;;;;;;;;;;;;;;;;;;;;;;;;;;;;;;;;;;. The molecule has 0 unspecified atom stereocenters. The number of halogens is 74. The highest BCUT2D eigenvalue weighted by atomic mass is 32.1. The molecule has 580 valence electrons. The number of rotatable bonds is 0. The summed E-state index contributed by atoms with van der Waals surface area (Å²) in [6, 6.07) is 2.09. The topological polar surface area (TPSA) is 39.9 Å². The first kappa shape index (κ1) is 258. The maximum Gasteiger partial charge on any atom is 0.194 e. The smallest absolute Gasteiger partial charge is 0.194 e. The van der Waals surface area contributed by atoms with E-state index >= 15 is 0 Å². The number of likely N-dealkylation sites (N-methyl/N-ethyl adjacent to an activating group) is 1. The largest absolute Gasteiger partial charge is 0.301 e. The fraction of sp³-hybridized carbons (Fsp3) is 0.500. The minimum Gasteiger partial charge on any atom is -0.301 e. The van der Waals surface area contributed by atoms with Crippen molar-refractivity contribution >= 4 is 11.3 Å².